The maximum atomic E-state index is 11.5. The standard InChI is InChI=1S/C15H29N5O3.HI/c1-15(2,3)23-14(22)20-10-9-19-13(16-4)18-8-7-17-12(21)11-5-6-11;/h11H,5-10H2,1-4H3,(H,17,21)(H,20,22)(H2,16,18,19);1H. The van der Waals surface area contributed by atoms with Crippen molar-refractivity contribution in [2.45, 2.75) is 39.2 Å². The van der Waals surface area contributed by atoms with E-state index in [0.717, 1.165) is 12.8 Å². The molecule has 2 amide bonds. The van der Waals surface area contributed by atoms with Crippen LogP contribution in [0.5, 0.6) is 0 Å². The van der Waals surface area contributed by atoms with Crippen LogP contribution in [0.3, 0.4) is 0 Å². The molecule has 24 heavy (non-hydrogen) atoms. The van der Waals surface area contributed by atoms with Crippen molar-refractivity contribution in [3.63, 3.8) is 0 Å². The zero-order valence-electron chi connectivity index (χ0n) is 14.9. The van der Waals surface area contributed by atoms with Crippen molar-refractivity contribution >= 4 is 41.9 Å². The Morgan fingerprint density at radius 2 is 1.50 bits per heavy atom. The van der Waals surface area contributed by atoms with Gasteiger partial charge in [-0.05, 0) is 33.6 Å². The summed E-state index contributed by atoms with van der Waals surface area (Å²) in [6.07, 6.45) is 1.57. The van der Waals surface area contributed by atoms with E-state index < -0.39 is 11.7 Å². The molecule has 0 aromatic rings. The molecular formula is C15H30IN5O3. The highest BCUT2D eigenvalue weighted by Gasteiger charge is 2.28. The second-order valence-corrected chi connectivity index (χ2v) is 6.42. The molecule has 1 saturated carbocycles. The van der Waals surface area contributed by atoms with Crippen LogP contribution in [0.25, 0.3) is 0 Å². The third-order valence-corrected chi connectivity index (χ3v) is 2.97. The van der Waals surface area contributed by atoms with Gasteiger partial charge in [0.25, 0.3) is 0 Å². The summed E-state index contributed by atoms with van der Waals surface area (Å²) in [5, 5.41) is 11.7. The topological polar surface area (TPSA) is 104 Å². The molecule has 0 heterocycles. The van der Waals surface area contributed by atoms with E-state index in [9.17, 15) is 9.59 Å². The Morgan fingerprint density at radius 3 is 1.96 bits per heavy atom. The fourth-order valence-corrected chi connectivity index (χ4v) is 1.74. The number of nitrogens with one attached hydrogen (secondary N) is 4. The maximum absolute atomic E-state index is 11.5. The minimum absolute atomic E-state index is 0. The van der Waals surface area contributed by atoms with Crippen LogP contribution in [0.15, 0.2) is 4.99 Å². The number of amides is 2. The predicted molar refractivity (Wildman–Crippen MR) is 105 cm³/mol. The average Bonchev–Trinajstić information content (AvgIpc) is 3.28. The molecule has 0 unspecified atom stereocenters. The molecule has 1 aliphatic carbocycles. The molecule has 1 aliphatic rings. The Hall–Kier alpha value is -1.26. The molecule has 0 saturated heterocycles. The molecular weight excluding hydrogens is 425 g/mol. The summed E-state index contributed by atoms with van der Waals surface area (Å²) in [6.45, 7) is 7.56. The quantitative estimate of drug-likeness (QED) is 0.197. The van der Waals surface area contributed by atoms with Crippen LogP contribution in [-0.2, 0) is 9.53 Å². The first kappa shape index (κ1) is 22.7. The largest absolute Gasteiger partial charge is 0.444 e. The first-order valence-electron chi connectivity index (χ1n) is 8.01. The van der Waals surface area contributed by atoms with Gasteiger partial charge in [0.15, 0.2) is 5.96 Å². The number of halogens is 1. The van der Waals surface area contributed by atoms with E-state index in [2.05, 4.69) is 26.3 Å². The second kappa shape index (κ2) is 11.3. The summed E-state index contributed by atoms with van der Waals surface area (Å²) >= 11 is 0. The van der Waals surface area contributed by atoms with Crippen LogP contribution >= 0.6 is 24.0 Å². The summed E-state index contributed by atoms with van der Waals surface area (Å²) in [5.41, 5.74) is -0.500. The minimum atomic E-state index is -0.500. The number of hydrogen-bond donors (Lipinski definition) is 4. The molecule has 1 fully saturated rings. The van der Waals surface area contributed by atoms with E-state index in [1.165, 1.54) is 0 Å². The first-order chi connectivity index (χ1) is 10.8. The zero-order valence-corrected chi connectivity index (χ0v) is 17.2. The summed E-state index contributed by atoms with van der Waals surface area (Å²) in [5.74, 6) is 0.985. The molecule has 0 radical (unpaired) electrons. The van der Waals surface area contributed by atoms with Gasteiger partial charge in [-0.3, -0.25) is 9.79 Å². The molecule has 0 atom stereocenters. The fraction of sp³-hybridized carbons (Fsp3) is 0.800. The molecule has 9 heteroatoms. The van der Waals surface area contributed by atoms with Crippen molar-refractivity contribution in [3.8, 4) is 0 Å². The molecule has 140 valence electrons. The second-order valence-electron chi connectivity index (χ2n) is 6.42. The Morgan fingerprint density at radius 1 is 1.00 bits per heavy atom. The number of carbonyl (C=O) groups is 2. The van der Waals surface area contributed by atoms with E-state index in [1.54, 1.807) is 7.05 Å². The van der Waals surface area contributed by atoms with E-state index in [0.29, 0.717) is 32.1 Å². The normalized spacial score (nSPS) is 14.2. The van der Waals surface area contributed by atoms with Crippen molar-refractivity contribution in [2.75, 3.05) is 33.2 Å². The molecule has 0 aromatic heterocycles. The SMILES string of the molecule is CN=C(NCCNC(=O)OC(C)(C)C)NCCNC(=O)C1CC1.I. The monoisotopic (exact) mass is 455 g/mol. The Kier molecular flexibility index (Phi) is 10.7. The Bertz CT molecular complexity index is 433. The van der Waals surface area contributed by atoms with Gasteiger partial charge in [-0.2, -0.15) is 0 Å². The zero-order chi connectivity index (χ0) is 17.3. The molecule has 8 nitrogen and oxygen atoms in total. The number of aliphatic imine (C=N–C) groups is 1. The van der Waals surface area contributed by atoms with Crippen molar-refractivity contribution in [3.05, 3.63) is 0 Å². The molecule has 4 N–H and O–H groups in total. The van der Waals surface area contributed by atoms with Crippen LogP contribution < -0.4 is 21.3 Å². The van der Waals surface area contributed by atoms with Gasteiger partial charge in [0.2, 0.25) is 5.91 Å². The van der Waals surface area contributed by atoms with Crippen molar-refractivity contribution < 1.29 is 14.3 Å². The van der Waals surface area contributed by atoms with Crippen molar-refractivity contribution in [1.29, 1.82) is 0 Å². The number of ether oxygens (including phenoxy) is 1. The summed E-state index contributed by atoms with van der Waals surface area (Å²) in [4.78, 5) is 27.0. The predicted octanol–water partition coefficient (Wildman–Crippen LogP) is 0.820. The van der Waals surface area contributed by atoms with Gasteiger partial charge < -0.3 is 26.0 Å². The van der Waals surface area contributed by atoms with Crippen LogP contribution in [0.4, 0.5) is 4.79 Å². The van der Waals surface area contributed by atoms with Crippen LogP contribution in [0.2, 0.25) is 0 Å². The van der Waals surface area contributed by atoms with Gasteiger partial charge in [0, 0.05) is 39.1 Å². The number of alkyl carbamates (subject to hydrolysis) is 1. The van der Waals surface area contributed by atoms with Gasteiger partial charge in [-0.15, -0.1) is 24.0 Å². The molecule has 1 rings (SSSR count). The maximum Gasteiger partial charge on any atom is 0.407 e. The lowest BCUT2D eigenvalue weighted by Crippen LogP contribution is -2.44. The van der Waals surface area contributed by atoms with Crippen molar-refractivity contribution in [2.24, 2.45) is 10.9 Å². The number of rotatable bonds is 7. The van der Waals surface area contributed by atoms with E-state index in [4.69, 9.17) is 4.74 Å². The summed E-state index contributed by atoms with van der Waals surface area (Å²) in [7, 11) is 1.67. The van der Waals surface area contributed by atoms with Crippen LogP contribution in [-0.4, -0.2) is 56.8 Å². The number of nitrogens with zero attached hydrogens (tertiary/aromatic N) is 1. The van der Waals surface area contributed by atoms with Gasteiger partial charge in [0.1, 0.15) is 5.60 Å². The van der Waals surface area contributed by atoms with Gasteiger partial charge in [-0.25, -0.2) is 4.79 Å². The van der Waals surface area contributed by atoms with Crippen LogP contribution in [0, 0.1) is 5.92 Å². The van der Waals surface area contributed by atoms with Gasteiger partial charge >= 0.3 is 6.09 Å². The Balaban J connectivity index is 0.00000529. The lowest BCUT2D eigenvalue weighted by molar-refractivity contribution is -0.122. The summed E-state index contributed by atoms with van der Waals surface area (Å²) in [6, 6.07) is 0. The van der Waals surface area contributed by atoms with E-state index >= 15 is 0 Å². The lowest BCUT2D eigenvalue weighted by atomic mass is 10.2. The number of carbonyl (C=O) groups excluding carboxylic acids is 2. The minimum Gasteiger partial charge on any atom is -0.444 e. The smallest absolute Gasteiger partial charge is 0.407 e. The number of hydrogen-bond acceptors (Lipinski definition) is 4. The van der Waals surface area contributed by atoms with E-state index in [1.807, 2.05) is 20.8 Å². The lowest BCUT2D eigenvalue weighted by Gasteiger charge is -2.19. The highest BCUT2D eigenvalue weighted by Crippen LogP contribution is 2.28. The Labute approximate surface area is 161 Å². The van der Waals surface area contributed by atoms with E-state index in [-0.39, 0.29) is 35.8 Å². The molecule has 0 aromatic carbocycles. The molecule has 0 aliphatic heterocycles. The van der Waals surface area contributed by atoms with Crippen molar-refractivity contribution in [1.82, 2.24) is 21.3 Å². The highest BCUT2D eigenvalue weighted by molar-refractivity contribution is 14.0. The molecule has 0 bridgehead atoms. The third kappa shape index (κ3) is 11.3. The van der Waals surface area contributed by atoms with Gasteiger partial charge in [-0.1, -0.05) is 0 Å². The number of guanidine groups is 1. The third-order valence-electron chi connectivity index (χ3n) is 2.97. The van der Waals surface area contributed by atoms with Crippen LogP contribution in [0.1, 0.15) is 33.6 Å². The molecule has 0 spiro atoms. The fourth-order valence-electron chi connectivity index (χ4n) is 1.74. The average molecular weight is 455 g/mol. The van der Waals surface area contributed by atoms with Gasteiger partial charge in [0.05, 0.1) is 0 Å². The first-order valence-corrected chi connectivity index (χ1v) is 8.01. The summed E-state index contributed by atoms with van der Waals surface area (Å²) < 4.78 is 5.13. The highest BCUT2D eigenvalue weighted by atomic mass is 127.